The van der Waals surface area contributed by atoms with Gasteiger partial charge in [-0.3, -0.25) is 4.98 Å². The summed E-state index contributed by atoms with van der Waals surface area (Å²) in [4.78, 5) is 27.5. The van der Waals surface area contributed by atoms with Crippen LogP contribution in [0.3, 0.4) is 0 Å². The lowest BCUT2D eigenvalue weighted by Crippen LogP contribution is -2.42. The number of hydrogen-bond acceptors (Lipinski definition) is 8. The molecule has 3 aromatic heterocycles. The molecule has 1 amide bonds. The van der Waals surface area contributed by atoms with Gasteiger partial charge in [-0.25, -0.2) is 14.8 Å². The van der Waals surface area contributed by atoms with Crippen molar-refractivity contribution in [2.45, 2.75) is 51.7 Å². The Kier molecular flexibility index (Phi) is 8.54. The Morgan fingerprint density at radius 1 is 1.12 bits per heavy atom. The van der Waals surface area contributed by atoms with E-state index in [1.165, 1.54) is 7.11 Å². The third kappa shape index (κ3) is 6.26. The smallest absolute Gasteiger partial charge is 0.410 e. The predicted octanol–water partition coefficient (Wildman–Crippen LogP) is 5.64. The van der Waals surface area contributed by atoms with Crippen LogP contribution in [0.5, 0.6) is 11.6 Å². The van der Waals surface area contributed by atoms with E-state index in [2.05, 4.69) is 15.0 Å². The van der Waals surface area contributed by atoms with E-state index in [1.807, 2.05) is 59.0 Å². The lowest BCUT2D eigenvalue weighted by Gasteiger charge is -2.33. The molecule has 0 bridgehead atoms. The third-order valence-electron chi connectivity index (χ3n) is 7.71. The fourth-order valence-electron chi connectivity index (χ4n) is 5.33. The molecule has 0 radical (unpaired) electrons. The van der Waals surface area contributed by atoms with Crippen LogP contribution in [0.15, 0.2) is 49.1 Å². The second kappa shape index (κ2) is 12.0. The van der Waals surface area contributed by atoms with Gasteiger partial charge in [-0.15, -0.1) is 0 Å². The Bertz CT molecular complexity index is 1610. The summed E-state index contributed by atoms with van der Waals surface area (Å²) < 4.78 is 19.1. The first-order chi connectivity index (χ1) is 20.4. The maximum absolute atomic E-state index is 12.5. The molecule has 1 N–H and O–H groups in total. The van der Waals surface area contributed by atoms with Crippen molar-refractivity contribution < 1.29 is 24.1 Å². The normalized spacial score (nSPS) is 15.8. The van der Waals surface area contributed by atoms with Gasteiger partial charge in [0, 0.05) is 43.0 Å². The lowest BCUT2D eigenvalue weighted by molar-refractivity contribution is 0.0164. The number of ether oxygens (including phenoxy) is 3. The number of aliphatic hydroxyl groups is 1. The van der Waals surface area contributed by atoms with Crippen LogP contribution in [0, 0.1) is 12.8 Å². The van der Waals surface area contributed by atoms with Crippen molar-refractivity contribution in [2.24, 2.45) is 13.0 Å². The zero-order valence-corrected chi connectivity index (χ0v) is 26.2. The molecular weight excluding hydrogens is 570 g/mol. The Morgan fingerprint density at radius 2 is 1.84 bits per heavy atom. The molecule has 1 aliphatic rings. The van der Waals surface area contributed by atoms with Crippen molar-refractivity contribution in [3.63, 3.8) is 0 Å². The van der Waals surface area contributed by atoms with Gasteiger partial charge in [-0.1, -0.05) is 23.7 Å². The number of imidazole rings is 1. The summed E-state index contributed by atoms with van der Waals surface area (Å²) in [5, 5.41) is 13.3. The minimum Gasteiger partial charge on any atom is -0.486 e. The number of halogens is 1. The Balaban J connectivity index is 1.43. The highest BCUT2D eigenvalue weighted by Gasteiger charge is 2.37. The number of hydrogen-bond donors (Lipinski definition) is 1. The number of rotatable bonds is 7. The van der Waals surface area contributed by atoms with E-state index in [1.54, 1.807) is 34.3 Å². The summed E-state index contributed by atoms with van der Waals surface area (Å²) >= 11 is 6.99. The summed E-state index contributed by atoms with van der Waals surface area (Å²) in [5.74, 6) is 0.830. The summed E-state index contributed by atoms with van der Waals surface area (Å²) in [6.45, 7) is 9.06. The molecule has 0 saturated carbocycles. The SMILES string of the molecule is COc1nc2ccc(C(O)(c3ccc(C)nc3)c3cncn3C)cc2c(Cl)c1OCC1CCN(C(=O)OC(C)(C)C)CC1. The third-order valence-corrected chi connectivity index (χ3v) is 8.08. The van der Waals surface area contributed by atoms with E-state index in [-0.39, 0.29) is 17.9 Å². The standard InChI is InChI=1S/C32H38ClN5O5/c1-20-7-8-23(16-35-20)32(40,26-17-34-19-37(26)5)22-9-10-25-24(15-22)27(33)28(29(36-25)41-6)42-18-21-11-13-38(14-12-21)30(39)43-31(2,3)4/h7-10,15-17,19,21,40H,11-14,18H2,1-6H3. The number of nitrogens with zero attached hydrogens (tertiary/aromatic N) is 5. The maximum atomic E-state index is 12.5. The van der Waals surface area contributed by atoms with Gasteiger partial charge in [0.05, 0.1) is 42.5 Å². The Labute approximate surface area is 256 Å². The number of piperidine rings is 1. The Morgan fingerprint density at radius 3 is 2.44 bits per heavy atom. The summed E-state index contributed by atoms with van der Waals surface area (Å²) in [7, 11) is 3.36. The number of carbonyl (C=O) groups excluding carboxylic acids is 1. The topological polar surface area (TPSA) is 112 Å². The van der Waals surface area contributed by atoms with Gasteiger partial charge in [0.15, 0.2) is 5.60 Å². The number of amides is 1. The summed E-state index contributed by atoms with van der Waals surface area (Å²) in [6.07, 6.45) is 6.20. The zero-order valence-electron chi connectivity index (χ0n) is 25.4. The molecule has 4 heterocycles. The highest BCUT2D eigenvalue weighted by Crippen LogP contribution is 2.43. The van der Waals surface area contributed by atoms with Crippen LogP contribution in [0.1, 0.15) is 56.1 Å². The molecule has 228 valence electrons. The molecule has 11 heteroatoms. The fourth-order valence-corrected chi connectivity index (χ4v) is 5.62. The number of aryl methyl sites for hydroxylation is 2. The van der Waals surface area contributed by atoms with Crippen molar-refractivity contribution >= 4 is 28.6 Å². The molecule has 10 nitrogen and oxygen atoms in total. The van der Waals surface area contributed by atoms with E-state index in [0.29, 0.717) is 58.2 Å². The van der Waals surface area contributed by atoms with Crippen molar-refractivity contribution in [3.8, 4) is 11.6 Å². The molecule has 1 saturated heterocycles. The Hall–Kier alpha value is -3.89. The minimum absolute atomic E-state index is 0.213. The van der Waals surface area contributed by atoms with Gasteiger partial charge in [0.1, 0.15) is 5.60 Å². The van der Waals surface area contributed by atoms with Crippen LogP contribution in [0.25, 0.3) is 10.9 Å². The van der Waals surface area contributed by atoms with Crippen molar-refractivity contribution in [1.82, 2.24) is 24.4 Å². The second-order valence-electron chi connectivity index (χ2n) is 12.0. The van der Waals surface area contributed by atoms with Crippen LogP contribution in [0.4, 0.5) is 4.79 Å². The second-order valence-corrected chi connectivity index (χ2v) is 12.4. The molecule has 4 aromatic rings. The largest absolute Gasteiger partial charge is 0.486 e. The molecule has 1 unspecified atom stereocenters. The van der Waals surface area contributed by atoms with E-state index >= 15 is 0 Å². The number of methoxy groups -OCH3 is 1. The molecule has 1 aromatic carbocycles. The van der Waals surface area contributed by atoms with Gasteiger partial charge in [-0.2, -0.15) is 0 Å². The quantitative estimate of drug-likeness (QED) is 0.287. The average molecular weight is 608 g/mol. The van der Waals surface area contributed by atoms with Gasteiger partial charge in [0.25, 0.3) is 5.88 Å². The first kappa shape index (κ1) is 30.6. The van der Waals surface area contributed by atoms with Crippen molar-refractivity contribution in [2.75, 3.05) is 26.8 Å². The lowest BCUT2D eigenvalue weighted by atomic mass is 9.83. The number of likely N-dealkylation sites (tertiary alicyclic amines) is 1. The van der Waals surface area contributed by atoms with Crippen LogP contribution in [-0.4, -0.2) is 68.0 Å². The molecule has 0 spiro atoms. The number of aromatic nitrogens is 4. The minimum atomic E-state index is -1.56. The number of benzene rings is 1. The van der Waals surface area contributed by atoms with Gasteiger partial charge < -0.3 is 28.8 Å². The first-order valence-corrected chi connectivity index (χ1v) is 14.7. The molecule has 43 heavy (non-hydrogen) atoms. The van der Waals surface area contributed by atoms with E-state index in [9.17, 15) is 9.90 Å². The van der Waals surface area contributed by atoms with Crippen LogP contribution >= 0.6 is 11.6 Å². The molecular formula is C32H38ClN5O5. The van der Waals surface area contributed by atoms with Crippen LogP contribution in [0.2, 0.25) is 5.02 Å². The van der Waals surface area contributed by atoms with E-state index in [0.717, 1.165) is 18.5 Å². The van der Waals surface area contributed by atoms with Crippen LogP contribution < -0.4 is 9.47 Å². The average Bonchev–Trinajstić information content (AvgIpc) is 3.42. The number of fused-ring (bicyclic) bond motifs is 1. The fraction of sp³-hybridized carbons (Fsp3) is 0.438. The number of carbonyl (C=O) groups is 1. The van der Waals surface area contributed by atoms with Gasteiger partial charge in [-0.05, 0) is 70.2 Å². The van der Waals surface area contributed by atoms with Gasteiger partial charge >= 0.3 is 6.09 Å². The molecule has 5 rings (SSSR count). The highest BCUT2D eigenvalue weighted by molar-refractivity contribution is 6.37. The molecule has 1 atom stereocenters. The van der Waals surface area contributed by atoms with Crippen molar-refractivity contribution in [3.05, 3.63) is 76.6 Å². The zero-order chi connectivity index (χ0) is 30.9. The highest BCUT2D eigenvalue weighted by atomic mass is 35.5. The summed E-state index contributed by atoms with van der Waals surface area (Å²) in [5.41, 5.74) is 1.08. The predicted molar refractivity (Wildman–Crippen MR) is 164 cm³/mol. The van der Waals surface area contributed by atoms with E-state index in [4.69, 9.17) is 25.8 Å². The summed E-state index contributed by atoms with van der Waals surface area (Å²) in [6, 6.07) is 9.16. The van der Waals surface area contributed by atoms with Crippen molar-refractivity contribution in [1.29, 1.82) is 0 Å². The number of pyridine rings is 2. The maximum Gasteiger partial charge on any atom is 0.410 e. The van der Waals surface area contributed by atoms with E-state index < -0.39 is 11.2 Å². The monoisotopic (exact) mass is 607 g/mol. The van der Waals surface area contributed by atoms with Gasteiger partial charge in [0.2, 0.25) is 5.75 Å². The van der Waals surface area contributed by atoms with Crippen LogP contribution in [-0.2, 0) is 17.4 Å². The molecule has 1 fully saturated rings. The molecule has 0 aliphatic carbocycles. The first-order valence-electron chi connectivity index (χ1n) is 14.3. The molecule has 1 aliphatic heterocycles.